The van der Waals surface area contributed by atoms with Crippen LogP contribution in [-0.4, -0.2) is 58.5 Å². The maximum absolute atomic E-state index is 12.5. The molecule has 0 spiro atoms. The smallest absolute Gasteiger partial charge is 0.338 e. The summed E-state index contributed by atoms with van der Waals surface area (Å²) in [5.74, 6) is -1.21. The van der Waals surface area contributed by atoms with Gasteiger partial charge in [0.1, 0.15) is 4.21 Å². The highest BCUT2D eigenvalue weighted by molar-refractivity contribution is 7.91. The lowest BCUT2D eigenvalue weighted by atomic mass is 10.1. The highest BCUT2D eigenvalue weighted by atomic mass is 32.2. The Kier molecular flexibility index (Phi) is 4.99. The SMILES string of the molecule is O=C(O)c1c(S(=O)(=O)NCC2COCCO2)sc2c1CCNC2. The second-order valence-corrected chi connectivity index (χ2v) is 8.39. The Labute approximate surface area is 137 Å². The van der Waals surface area contributed by atoms with Crippen molar-refractivity contribution >= 4 is 27.3 Å². The highest BCUT2D eigenvalue weighted by Gasteiger charge is 2.32. The summed E-state index contributed by atoms with van der Waals surface area (Å²) in [6.07, 6.45) is 0.158. The summed E-state index contributed by atoms with van der Waals surface area (Å²) in [4.78, 5) is 12.3. The van der Waals surface area contributed by atoms with Gasteiger partial charge in [-0.25, -0.2) is 17.9 Å². The number of carboxylic acid groups (broad SMARTS) is 1. The van der Waals surface area contributed by atoms with E-state index >= 15 is 0 Å². The van der Waals surface area contributed by atoms with E-state index < -0.39 is 16.0 Å². The fraction of sp³-hybridized carbons (Fsp3) is 0.615. The molecule has 1 fully saturated rings. The third-order valence-electron chi connectivity index (χ3n) is 3.74. The van der Waals surface area contributed by atoms with Crippen molar-refractivity contribution in [2.75, 3.05) is 32.9 Å². The van der Waals surface area contributed by atoms with Crippen molar-refractivity contribution in [2.45, 2.75) is 23.3 Å². The average Bonchev–Trinajstić information content (AvgIpc) is 2.95. The summed E-state index contributed by atoms with van der Waals surface area (Å²) in [5.41, 5.74) is 0.527. The third-order valence-corrected chi connectivity index (χ3v) is 6.91. The van der Waals surface area contributed by atoms with Gasteiger partial charge in [0.15, 0.2) is 0 Å². The maximum atomic E-state index is 12.5. The fourth-order valence-electron chi connectivity index (χ4n) is 2.64. The van der Waals surface area contributed by atoms with Crippen LogP contribution in [0.2, 0.25) is 0 Å². The van der Waals surface area contributed by atoms with Crippen LogP contribution >= 0.6 is 11.3 Å². The largest absolute Gasteiger partial charge is 0.478 e. The minimum atomic E-state index is -3.91. The van der Waals surface area contributed by atoms with Crippen LogP contribution in [0.3, 0.4) is 0 Å². The monoisotopic (exact) mass is 362 g/mol. The molecule has 8 nitrogen and oxygen atoms in total. The van der Waals surface area contributed by atoms with Crippen LogP contribution in [-0.2, 0) is 32.5 Å². The van der Waals surface area contributed by atoms with E-state index in [0.29, 0.717) is 44.9 Å². The van der Waals surface area contributed by atoms with Crippen molar-refractivity contribution in [3.63, 3.8) is 0 Å². The van der Waals surface area contributed by atoms with Crippen LogP contribution in [0.4, 0.5) is 0 Å². The second kappa shape index (κ2) is 6.83. The molecular formula is C13H18N2O6S2. The van der Waals surface area contributed by atoms with Crippen LogP contribution in [0.15, 0.2) is 4.21 Å². The van der Waals surface area contributed by atoms with Crippen molar-refractivity contribution in [2.24, 2.45) is 0 Å². The first kappa shape index (κ1) is 16.8. The number of fused-ring (bicyclic) bond motifs is 1. The molecule has 2 aliphatic heterocycles. The molecule has 3 heterocycles. The van der Waals surface area contributed by atoms with Crippen LogP contribution in [0.5, 0.6) is 0 Å². The number of thiophene rings is 1. The van der Waals surface area contributed by atoms with Crippen molar-refractivity contribution < 1.29 is 27.8 Å². The van der Waals surface area contributed by atoms with Gasteiger partial charge in [-0.2, -0.15) is 0 Å². The second-order valence-electron chi connectivity index (χ2n) is 5.32. The van der Waals surface area contributed by atoms with Crippen molar-refractivity contribution in [1.82, 2.24) is 10.0 Å². The van der Waals surface area contributed by atoms with E-state index in [2.05, 4.69) is 10.0 Å². The topological polar surface area (TPSA) is 114 Å². The van der Waals surface area contributed by atoms with Gasteiger partial charge in [-0.15, -0.1) is 11.3 Å². The number of sulfonamides is 1. The first-order valence-electron chi connectivity index (χ1n) is 7.26. The molecule has 0 bridgehead atoms. The van der Waals surface area contributed by atoms with Crippen molar-refractivity contribution in [3.05, 3.63) is 16.0 Å². The van der Waals surface area contributed by atoms with Crippen molar-refractivity contribution in [1.29, 1.82) is 0 Å². The predicted molar refractivity (Wildman–Crippen MR) is 82.4 cm³/mol. The fourth-order valence-corrected chi connectivity index (χ4v) is 5.61. The molecule has 1 unspecified atom stereocenters. The molecule has 0 radical (unpaired) electrons. The number of hydrogen-bond donors (Lipinski definition) is 3. The molecule has 0 saturated carbocycles. The van der Waals surface area contributed by atoms with Gasteiger partial charge < -0.3 is 19.9 Å². The van der Waals surface area contributed by atoms with Gasteiger partial charge in [-0.05, 0) is 18.5 Å². The van der Waals surface area contributed by atoms with Gasteiger partial charge in [-0.3, -0.25) is 0 Å². The molecule has 0 aromatic carbocycles. The van der Waals surface area contributed by atoms with Crippen LogP contribution < -0.4 is 10.0 Å². The molecule has 1 atom stereocenters. The zero-order valence-electron chi connectivity index (χ0n) is 12.3. The zero-order valence-corrected chi connectivity index (χ0v) is 14.0. The minimum Gasteiger partial charge on any atom is -0.478 e. The number of hydrogen-bond acceptors (Lipinski definition) is 7. The highest BCUT2D eigenvalue weighted by Crippen LogP contribution is 2.34. The number of aromatic carboxylic acids is 1. The number of ether oxygens (including phenoxy) is 2. The first-order chi connectivity index (χ1) is 11.0. The lowest BCUT2D eigenvalue weighted by Gasteiger charge is -2.22. The average molecular weight is 362 g/mol. The third kappa shape index (κ3) is 3.57. The summed E-state index contributed by atoms with van der Waals surface area (Å²) in [6, 6.07) is 0. The normalized spacial score (nSPS) is 21.8. The lowest BCUT2D eigenvalue weighted by Crippen LogP contribution is -2.39. The Bertz CT molecular complexity index is 694. The van der Waals surface area contributed by atoms with Crippen LogP contribution in [0.1, 0.15) is 20.8 Å². The van der Waals surface area contributed by atoms with E-state index in [9.17, 15) is 18.3 Å². The summed E-state index contributed by atoms with van der Waals surface area (Å²) >= 11 is 1.02. The van der Waals surface area contributed by atoms with E-state index in [0.717, 1.165) is 16.2 Å². The molecule has 0 aliphatic carbocycles. The maximum Gasteiger partial charge on any atom is 0.338 e. The predicted octanol–water partition coefficient (Wildman–Crippen LogP) is -0.214. The Morgan fingerprint density at radius 3 is 2.96 bits per heavy atom. The number of carbonyl (C=O) groups is 1. The molecule has 23 heavy (non-hydrogen) atoms. The van der Waals surface area contributed by atoms with Crippen LogP contribution in [0, 0.1) is 0 Å². The molecule has 3 rings (SSSR count). The Morgan fingerprint density at radius 2 is 2.26 bits per heavy atom. The summed E-state index contributed by atoms with van der Waals surface area (Å²) in [7, 11) is -3.91. The van der Waals surface area contributed by atoms with E-state index in [4.69, 9.17) is 9.47 Å². The molecule has 2 aliphatic rings. The molecule has 1 saturated heterocycles. The number of nitrogens with one attached hydrogen (secondary N) is 2. The van der Waals surface area contributed by atoms with Gasteiger partial charge in [0.25, 0.3) is 10.0 Å². The van der Waals surface area contributed by atoms with E-state index in [1.54, 1.807) is 0 Å². The first-order valence-corrected chi connectivity index (χ1v) is 9.56. The molecule has 0 amide bonds. The molecular weight excluding hydrogens is 344 g/mol. The van der Waals surface area contributed by atoms with Gasteiger partial charge in [-0.1, -0.05) is 0 Å². The van der Waals surface area contributed by atoms with Crippen molar-refractivity contribution in [3.8, 4) is 0 Å². The summed E-state index contributed by atoms with van der Waals surface area (Å²) < 4.78 is 38.0. The molecule has 1 aromatic heterocycles. The van der Waals surface area contributed by atoms with Crippen LogP contribution in [0.25, 0.3) is 0 Å². The minimum absolute atomic E-state index is 0.0577. The number of rotatable bonds is 5. The van der Waals surface area contributed by atoms with Gasteiger partial charge in [0, 0.05) is 18.0 Å². The zero-order chi connectivity index (χ0) is 16.4. The Hall–Kier alpha value is -1.04. The number of carboxylic acids is 1. The standard InChI is InChI=1S/C13H18N2O6S2/c16-12(17)11-9-1-2-14-6-10(9)22-13(11)23(18,19)15-5-8-7-20-3-4-21-8/h8,14-15H,1-7H2,(H,16,17). The van der Waals surface area contributed by atoms with Gasteiger partial charge in [0.2, 0.25) is 0 Å². The lowest BCUT2D eigenvalue weighted by molar-refractivity contribution is -0.0846. The molecule has 1 aromatic rings. The Morgan fingerprint density at radius 1 is 1.43 bits per heavy atom. The van der Waals surface area contributed by atoms with Gasteiger partial charge in [0.05, 0.1) is 31.5 Å². The molecule has 3 N–H and O–H groups in total. The molecule has 128 valence electrons. The van der Waals surface area contributed by atoms with E-state index in [1.165, 1.54) is 0 Å². The van der Waals surface area contributed by atoms with E-state index in [-0.39, 0.29) is 22.4 Å². The molecule has 10 heteroatoms. The summed E-state index contributed by atoms with van der Waals surface area (Å²) in [5, 5.41) is 12.6. The Balaban J connectivity index is 1.84. The quantitative estimate of drug-likeness (QED) is 0.664. The van der Waals surface area contributed by atoms with E-state index in [1.807, 2.05) is 0 Å². The summed E-state index contributed by atoms with van der Waals surface area (Å²) in [6.45, 7) is 2.43. The van der Waals surface area contributed by atoms with Gasteiger partial charge >= 0.3 is 5.97 Å².